The molecule has 0 spiro atoms. The number of carbonyl (C=O) groups excluding carboxylic acids is 3. The van der Waals surface area contributed by atoms with E-state index in [0.717, 1.165) is 103 Å². The molecule has 0 fully saturated rings. The van der Waals surface area contributed by atoms with Crippen LogP contribution in [0.2, 0.25) is 0 Å². The molecular formula is C60H104O6. The zero-order valence-electron chi connectivity index (χ0n) is 43.4. The van der Waals surface area contributed by atoms with E-state index in [2.05, 4.69) is 93.7 Å². The van der Waals surface area contributed by atoms with Gasteiger partial charge >= 0.3 is 17.9 Å². The molecule has 0 aliphatic rings. The van der Waals surface area contributed by atoms with E-state index in [-0.39, 0.29) is 31.1 Å². The van der Waals surface area contributed by atoms with Crippen molar-refractivity contribution in [1.82, 2.24) is 0 Å². The van der Waals surface area contributed by atoms with Crippen LogP contribution in [-0.2, 0) is 28.6 Å². The molecule has 1 unspecified atom stereocenters. The molecule has 0 radical (unpaired) electrons. The van der Waals surface area contributed by atoms with Crippen LogP contribution < -0.4 is 0 Å². The van der Waals surface area contributed by atoms with Crippen LogP contribution in [0.15, 0.2) is 72.9 Å². The van der Waals surface area contributed by atoms with Crippen molar-refractivity contribution in [3.63, 3.8) is 0 Å². The normalized spacial score (nSPS) is 12.6. The number of carbonyl (C=O) groups is 3. The average molecular weight is 921 g/mol. The Hall–Kier alpha value is -3.15. The third kappa shape index (κ3) is 51.8. The van der Waals surface area contributed by atoms with E-state index in [0.29, 0.717) is 19.3 Å². The molecule has 0 N–H and O–H groups in total. The first kappa shape index (κ1) is 62.8. The molecule has 6 heteroatoms. The number of hydrogen-bond acceptors (Lipinski definition) is 6. The predicted molar refractivity (Wildman–Crippen MR) is 284 cm³/mol. The van der Waals surface area contributed by atoms with Crippen molar-refractivity contribution >= 4 is 17.9 Å². The highest BCUT2D eigenvalue weighted by Crippen LogP contribution is 2.15. The van der Waals surface area contributed by atoms with Crippen LogP contribution in [0.25, 0.3) is 0 Å². The standard InChI is InChI=1S/C60H104O6/c1-4-7-10-13-16-18-20-22-24-25-26-27-28-29-30-31-32-33-34-35-37-38-40-42-44-47-50-53-59(62)65-56-57(55-64-58(61)52-49-46-15-12-9-6-3)66-60(63)54-51-48-45-43-41-39-36-23-21-19-17-14-11-8-5-2/h7,10,16,18,22-24,26-27,29-30,36,57H,4-6,8-9,11-15,17,19-21,25,28,31-35,37-56H2,1-3H3/b10-7-,18-16-,24-22-,27-26-,30-29-,36-23-. The summed E-state index contributed by atoms with van der Waals surface area (Å²) in [6.07, 6.45) is 69.2. The molecule has 0 aliphatic carbocycles. The maximum absolute atomic E-state index is 12.8. The SMILES string of the molecule is CC/C=C\C/C=C\C/C=C\C/C=C\C/C=C\CCCCCCCCCCCCCC(=O)OCC(COC(=O)CCCCCCCC)OC(=O)CCCCCCC/C=C\CCCCCCCC. The maximum atomic E-state index is 12.8. The number of esters is 3. The Morgan fingerprint density at radius 2 is 0.591 bits per heavy atom. The van der Waals surface area contributed by atoms with Gasteiger partial charge in [0.15, 0.2) is 6.10 Å². The van der Waals surface area contributed by atoms with Crippen LogP contribution in [0.5, 0.6) is 0 Å². The van der Waals surface area contributed by atoms with Crippen LogP contribution in [0.3, 0.4) is 0 Å². The van der Waals surface area contributed by atoms with Gasteiger partial charge < -0.3 is 14.2 Å². The molecule has 0 saturated heterocycles. The summed E-state index contributed by atoms with van der Waals surface area (Å²) < 4.78 is 16.7. The number of rotatable bonds is 50. The quantitative estimate of drug-likeness (QED) is 0.0262. The summed E-state index contributed by atoms with van der Waals surface area (Å²) in [5.41, 5.74) is 0. The van der Waals surface area contributed by atoms with Gasteiger partial charge in [-0.05, 0) is 89.9 Å². The lowest BCUT2D eigenvalue weighted by molar-refractivity contribution is -0.167. The van der Waals surface area contributed by atoms with Crippen LogP contribution in [0, 0.1) is 0 Å². The topological polar surface area (TPSA) is 78.9 Å². The molecule has 0 rings (SSSR count). The van der Waals surface area contributed by atoms with E-state index in [4.69, 9.17) is 14.2 Å². The van der Waals surface area contributed by atoms with Gasteiger partial charge in [0.05, 0.1) is 0 Å². The fourth-order valence-electron chi connectivity index (χ4n) is 7.76. The van der Waals surface area contributed by atoms with Gasteiger partial charge in [-0.25, -0.2) is 0 Å². The second kappa shape index (κ2) is 54.5. The number of allylic oxidation sites excluding steroid dienone is 12. The zero-order chi connectivity index (χ0) is 47.9. The highest BCUT2D eigenvalue weighted by Gasteiger charge is 2.19. The van der Waals surface area contributed by atoms with E-state index >= 15 is 0 Å². The smallest absolute Gasteiger partial charge is 0.306 e. The number of ether oxygens (including phenoxy) is 3. The molecule has 0 heterocycles. The third-order valence-corrected chi connectivity index (χ3v) is 11.9. The second-order valence-corrected chi connectivity index (χ2v) is 18.5. The highest BCUT2D eigenvalue weighted by molar-refractivity contribution is 5.71. The molecule has 0 aromatic heterocycles. The van der Waals surface area contributed by atoms with Gasteiger partial charge in [0, 0.05) is 19.3 Å². The van der Waals surface area contributed by atoms with Crippen LogP contribution >= 0.6 is 0 Å². The molecule has 0 saturated carbocycles. The Labute approximate surface area is 408 Å². The summed E-state index contributed by atoms with van der Waals surface area (Å²) in [6.45, 7) is 6.46. The van der Waals surface area contributed by atoms with Crippen molar-refractivity contribution in [3.8, 4) is 0 Å². The van der Waals surface area contributed by atoms with Gasteiger partial charge in [-0.1, -0.05) is 235 Å². The van der Waals surface area contributed by atoms with Crippen LogP contribution in [-0.4, -0.2) is 37.2 Å². The predicted octanol–water partition coefficient (Wildman–Crippen LogP) is 18.6. The molecule has 380 valence electrons. The Kier molecular flexibility index (Phi) is 51.9. The Bertz CT molecular complexity index is 1240. The van der Waals surface area contributed by atoms with Gasteiger partial charge in [-0.3, -0.25) is 14.4 Å². The van der Waals surface area contributed by atoms with E-state index < -0.39 is 6.10 Å². The first-order valence-corrected chi connectivity index (χ1v) is 27.9. The summed E-state index contributed by atoms with van der Waals surface area (Å²) in [4.78, 5) is 37.8. The van der Waals surface area contributed by atoms with Crippen molar-refractivity contribution in [1.29, 1.82) is 0 Å². The molecule has 0 bridgehead atoms. The minimum Gasteiger partial charge on any atom is -0.462 e. The van der Waals surface area contributed by atoms with Gasteiger partial charge in [-0.15, -0.1) is 0 Å². The minimum absolute atomic E-state index is 0.0782. The van der Waals surface area contributed by atoms with Gasteiger partial charge in [0.1, 0.15) is 13.2 Å². The summed E-state index contributed by atoms with van der Waals surface area (Å²) in [5, 5.41) is 0. The summed E-state index contributed by atoms with van der Waals surface area (Å²) >= 11 is 0. The van der Waals surface area contributed by atoms with Crippen molar-refractivity contribution < 1.29 is 28.6 Å². The van der Waals surface area contributed by atoms with E-state index in [1.807, 2.05) is 0 Å². The molecule has 0 amide bonds. The lowest BCUT2D eigenvalue weighted by Gasteiger charge is -2.18. The lowest BCUT2D eigenvalue weighted by atomic mass is 10.0. The first-order valence-electron chi connectivity index (χ1n) is 27.9. The van der Waals surface area contributed by atoms with Gasteiger partial charge in [-0.2, -0.15) is 0 Å². The first-order chi connectivity index (χ1) is 32.5. The maximum Gasteiger partial charge on any atom is 0.306 e. The van der Waals surface area contributed by atoms with Gasteiger partial charge in [0.2, 0.25) is 0 Å². The van der Waals surface area contributed by atoms with E-state index in [9.17, 15) is 14.4 Å². The van der Waals surface area contributed by atoms with E-state index in [1.165, 1.54) is 128 Å². The monoisotopic (exact) mass is 921 g/mol. The fourth-order valence-corrected chi connectivity index (χ4v) is 7.76. The summed E-state index contributed by atoms with van der Waals surface area (Å²) in [5.74, 6) is -0.894. The number of hydrogen-bond donors (Lipinski definition) is 0. The molecule has 6 nitrogen and oxygen atoms in total. The van der Waals surface area contributed by atoms with Crippen molar-refractivity contribution in [2.45, 2.75) is 277 Å². The van der Waals surface area contributed by atoms with Crippen LogP contribution in [0.1, 0.15) is 271 Å². The van der Waals surface area contributed by atoms with Crippen LogP contribution in [0.4, 0.5) is 0 Å². The lowest BCUT2D eigenvalue weighted by Crippen LogP contribution is -2.30. The van der Waals surface area contributed by atoms with Crippen molar-refractivity contribution in [3.05, 3.63) is 72.9 Å². The second-order valence-electron chi connectivity index (χ2n) is 18.5. The molecule has 1 atom stereocenters. The van der Waals surface area contributed by atoms with Crippen molar-refractivity contribution in [2.24, 2.45) is 0 Å². The summed E-state index contributed by atoms with van der Waals surface area (Å²) in [7, 11) is 0. The molecule has 66 heavy (non-hydrogen) atoms. The average Bonchev–Trinajstić information content (AvgIpc) is 3.31. The Balaban J connectivity index is 4.11. The summed E-state index contributed by atoms with van der Waals surface area (Å²) in [6, 6.07) is 0. The van der Waals surface area contributed by atoms with Crippen molar-refractivity contribution in [2.75, 3.05) is 13.2 Å². The minimum atomic E-state index is -0.776. The third-order valence-electron chi connectivity index (χ3n) is 11.9. The molecular weight excluding hydrogens is 817 g/mol. The fraction of sp³-hybridized carbons (Fsp3) is 0.750. The number of unbranched alkanes of at least 4 members (excludes halogenated alkanes) is 27. The largest absolute Gasteiger partial charge is 0.462 e. The van der Waals surface area contributed by atoms with Gasteiger partial charge in [0.25, 0.3) is 0 Å². The zero-order valence-corrected chi connectivity index (χ0v) is 43.4. The molecule has 0 aromatic carbocycles. The highest BCUT2D eigenvalue weighted by atomic mass is 16.6. The molecule has 0 aromatic rings. The Morgan fingerprint density at radius 3 is 0.939 bits per heavy atom. The Morgan fingerprint density at radius 1 is 0.318 bits per heavy atom. The van der Waals surface area contributed by atoms with E-state index in [1.54, 1.807) is 0 Å². The molecule has 0 aliphatic heterocycles.